The van der Waals surface area contributed by atoms with Gasteiger partial charge in [0.25, 0.3) is 5.91 Å². The van der Waals surface area contributed by atoms with E-state index in [-0.39, 0.29) is 5.91 Å². The minimum Gasteiger partial charge on any atom is -0.378 e. The number of hydrogen-bond donors (Lipinski definition) is 1. The maximum atomic E-state index is 12.0. The molecule has 2 aromatic carbocycles. The number of amidine groups is 1. The van der Waals surface area contributed by atoms with E-state index < -0.39 is 0 Å². The van der Waals surface area contributed by atoms with Crippen molar-refractivity contribution in [1.29, 1.82) is 0 Å². The minimum absolute atomic E-state index is 0.155. The van der Waals surface area contributed by atoms with Crippen LogP contribution in [0.2, 0.25) is 0 Å². The molecule has 0 radical (unpaired) electrons. The summed E-state index contributed by atoms with van der Waals surface area (Å²) in [4.78, 5) is 14.6. The maximum Gasteiger partial charge on any atom is 0.264 e. The zero-order valence-electron chi connectivity index (χ0n) is 14.0. The van der Waals surface area contributed by atoms with Crippen molar-refractivity contribution in [2.45, 2.75) is 0 Å². The van der Waals surface area contributed by atoms with Crippen molar-refractivity contribution in [3.63, 3.8) is 0 Å². The molecule has 0 unspecified atom stereocenters. The van der Waals surface area contributed by atoms with E-state index in [1.165, 1.54) is 11.8 Å². The third kappa shape index (κ3) is 4.58. The van der Waals surface area contributed by atoms with Gasteiger partial charge in [0.2, 0.25) is 0 Å². The fourth-order valence-electron chi connectivity index (χ4n) is 2.18. The first-order valence-electron chi connectivity index (χ1n) is 7.76. The average Bonchev–Trinajstić information content (AvgIpc) is 2.96. The van der Waals surface area contributed by atoms with Gasteiger partial charge in [-0.3, -0.25) is 10.1 Å². The average molecular weight is 350 g/mol. The van der Waals surface area contributed by atoms with Crippen LogP contribution in [-0.2, 0) is 4.79 Å². The fraction of sp³-hybridized carbons (Fsp3) is 0.105. The summed E-state index contributed by atoms with van der Waals surface area (Å²) in [7, 11) is 3.99. The van der Waals surface area contributed by atoms with Crippen LogP contribution >= 0.6 is 11.8 Å². The Bertz CT molecular complexity index is 839. The number of amides is 1. The summed E-state index contributed by atoms with van der Waals surface area (Å²) < 4.78 is 0. The van der Waals surface area contributed by atoms with Gasteiger partial charge in [0, 0.05) is 19.8 Å². The lowest BCUT2D eigenvalue weighted by molar-refractivity contribution is -0.115. The molecule has 0 bridgehead atoms. The monoisotopic (exact) mass is 350 g/mol. The van der Waals surface area contributed by atoms with Crippen LogP contribution in [0.25, 0.3) is 6.08 Å². The number of anilines is 1. The molecule has 1 aliphatic rings. The fourth-order valence-corrected chi connectivity index (χ4v) is 2.96. The lowest BCUT2D eigenvalue weighted by atomic mass is 10.2. The summed E-state index contributed by atoms with van der Waals surface area (Å²) in [6, 6.07) is 17.7. The number of carbonyl (C=O) groups excluding carboxylic acids is 1. The smallest absolute Gasteiger partial charge is 0.264 e. The van der Waals surface area contributed by atoms with Gasteiger partial charge in [-0.15, -0.1) is 5.10 Å². The van der Waals surface area contributed by atoms with Crippen molar-refractivity contribution in [3.8, 4) is 0 Å². The highest BCUT2D eigenvalue weighted by molar-refractivity contribution is 8.18. The highest BCUT2D eigenvalue weighted by Crippen LogP contribution is 2.25. The van der Waals surface area contributed by atoms with Crippen molar-refractivity contribution < 1.29 is 4.79 Å². The molecule has 0 aromatic heterocycles. The van der Waals surface area contributed by atoms with Crippen LogP contribution in [0.3, 0.4) is 0 Å². The van der Waals surface area contributed by atoms with Gasteiger partial charge in [0.05, 0.1) is 11.1 Å². The number of nitrogens with zero attached hydrogens (tertiary/aromatic N) is 3. The summed E-state index contributed by atoms with van der Waals surface area (Å²) in [6.45, 7) is 0. The molecule has 1 heterocycles. The quantitative estimate of drug-likeness (QED) is 0.523. The Hall–Kier alpha value is -2.86. The molecule has 0 aliphatic carbocycles. The Morgan fingerprint density at radius 3 is 2.40 bits per heavy atom. The highest BCUT2D eigenvalue weighted by Gasteiger charge is 2.23. The van der Waals surface area contributed by atoms with E-state index in [4.69, 9.17) is 0 Å². The summed E-state index contributed by atoms with van der Waals surface area (Å²) in [6.07, 6.45) is 3.50. The summed E-state index contributed by atoms with van der Waals surface area (Å²) in [5.74, 6) is -0.155. The van der Waals surface area contributed by atoms with E-state index in [2.05, 4.69) is 15.5 Å². The number of carbonyl (C=O) groups is 1. The van der Waals surface area contributed by atoms with Crippen LogP contribution in [-0.4, -0.2) is 31.4 Å². The molecule has 126 valence electrons. The molecule has 1 amide bonds. The highest BCUT2D eigenvalue weighted by atomic mass is 32.2. The van der Waals surface area contributed by atoms with E-state index in [1.807, 2.05) is 79.7 Å². The van der Waals surface area contributed by atoms with E-state index in [1.54, 1.807) is 6.21 Å². The molecule has 1 saturated heterocycles. The van der Waals surface area contributed by atoms with Crippen molar-refractivity contribution >= 4 is 40.8 Å². The van der Waals surface area contributed by atoms with Gasteiger partial charge in [-0.2, -0.15) is 5.10 Å². The van der Waals surface area contributed by atoms with Gasteiger partial charge in [-0.1, -0.05) is 42.5 Å². The zero-order valence-corrected chi connectivity index (χ0v) is 14.8. The SMILES string of the molecule is CN(C)c1ccc(/C=N\N=C2/NC(=O)/C(=C\c3ccccc3)S2)cc1. The first-order valence-corrected chi connectivity index (χ1v) is 8.58. The first-order chi connectivity index (χ1) is 12.1. The van der Waals surface area contributed by atoms with Crippen molar-refractivity contribution in [1.82, 2.24) is 5.32 Å². The van der Waals surface area contributed by atoms with Crippen molar-refractivity contribution in [2.75, 3.05) is 19.0 Å². The third-order valence-corrected chi connectivity index (χ3v) is 4.41. The van der Waals surface area contributed by atoms with Gasteiger partial charge in [0.15, 0.2) is 5.17 Å². The first kappa shape index (κ1) is 17.0. The molecule has 0 spiro atoms. The minimum atomic E-state index is -0.155. The second kappa shape index (κ2) is 7.81. The van der Waals surface area contributed by atoms with Gasteiger partial charge < -0.3 is 4.90 Å². The Kier molecular flexibility index (Phi) is 5.30. The van der Waals surface area contributed by atoms with Crippen molar-refractivity contribution in [3.05, 3.63) is 70.6 Å². The number of benzene rings is 2. The second-order valence-corrected chi connectivity index (χ2v) is 6.64. The predicted molar refractivity (Wildman–Crippen MR) is 106 cm³/mol. The lowest BCUT2D eigenvalue weighted by Gasteiger charge is -2.11. The standard InChI is InChI=1S/C19H18N4OS/c1-23(2)16-10-8-15(9-11-16)13-20-22-19-21-18(24)17(25-19)12-14-6-4-3-5-7-14/h3-13H,1-2H3,(H,21,22,24)/b17-12+,20-13-. The molecule has 1 fully saturated rings. The lowest BCUT2D eigenvalue weighted by Crippen LogP contribution is -2.19. The Labute approximate surface area is 151 Å². The molecule has 0 saturated carbocycles. The van der Waals surface area contributed by atoms with Gasteiger partial charge >= 0.3 is 0 Å². The van der Waals surface area contributed by atoms with E-state index in [9.17, 15) is 4.79 Å². The van der Waals surface area contributed by atoms with E-state index >= 15 is 0 Å². The summed E-state index contributed by atoms with van der Waals surface area (Å²) in [5.41, 5.74) is 3.05. The van der Waals surface area contributed by atoms with Crippen LogP contribution in [0, 0.1) is 0 Å². The van der Waals surface area contributed by atoms with Crippen LogP contribution in [0.5, 0.6) is 0 Å². The maximum absolute atomic E-state index is 12.0. The van der Waals surface area contributed by atoms with Gasteiger partial charge in [-0.25, -0.2) is 0 Å². The number of thioether (sulfide) groups is 1. The molecule has 3 rings (SSSR count). The molecule has 25 heavy (non-hydrogen) atoms. The zero-order chi connectivity index (χ0) is 17.6. The van der Waals surface area contributed by atoms with Crippen LogP contribution in [0.4, 0.5) is 5.69 Å². The second-order valence-electron chi connectivity index (χ2n) is 5.61. The topological polar surface area (TPSA) is 57.1 Å². The summed E-state index contributed by atoms with van der Waals surface area (Å²) in [5, 5.41) is 11.3. The molecule has 1 N–H and O–H groups in total. The Morgan fingerprint density at radius 2 is 1.72 bits per heavy atom. The number of rotatable bonds is 4. The normalized spacial score (nSPS) is 17.4. The molecule has 2 aromatic rings. The van der Waals surface area contributed by atoms with Gasteiger partial charge in [-0.05, 0) is 41.1 Å². The van der Waals surface area contributed by atoms with Crippen molar-refractivity contribution in [2.24, 2.45) is 10.2 Å². The number of nitrogens with one attached hydrogen (secondary N) is 1. The Morgan fingerprint density at radius 1 is 1.00 bits per heavy atom. The molecular weight excluding hydrogens is 332 g/mol. The molecule has 5 nitrogen and oxygen atoms in total. The van der Waals surface area contributed by atoms with Gasteiger partial charge in [0.1, 0.15) is 0 Å². The Balaban J connectivity index is 1.66. The van der Waals surface area contributed by atoms with Crippen LogP contribution < -0.4 is 10.2 Å². The van der Waals surface area contributed by atoms with Crippen LogP contribution in [0.15, 0.2) is 69.7 Å². The van der Waals surface area contributed by atoms with Crippen LogP contribution in [0.1, 0.15) is 11.1 Å². The predicted octanol–water partition coefficient (Wildman–Crippen LogP) is 3.35. The molecular formula is C19H18N4OS. The number of hydrogen-bond acceptors (Lipinski definition) is 5. The van der Waals surface area contributed by atoms with E-state index in [0.717, 1.165) is 16.8 Å². The molecule has 6 heteroatoms. The summed E-state index contributed by atoms with van der Waals surface area (Å²) >= 11 is 1.29. The molecule has 0 atom stereocenters. The molecule has 1 aliphatic heterocycles. The van der Waals surface area contributed by atoms with E-state index in [0.29, 0.717) is 10.1 Å². The largest absolute Gasteiger partial charge is 0.378 e. The third-order valence-electron chi connectivity index (χ3n) is 3.51.